The largest absolute Gasteiger partial charge is 0.490 e. The molecule has 3 amide bonds. The molecule has 1 atom stereocenters. The summed E-state index contributed by atoms with van der Waals surface area (Å²) in [6, 6.07) is 12.8. The number of anilines is 1. The summed E-state index contributed by atoms with van der Waals surface area (Å²) in [5.41, 5.74) is 4.52. The number of allylic oxidation sites excluding steroid dienone is 1. The molecule has 4 rings (SSSR count). The van der Waals surface area contributed by atoms with Crippen LogP contribution in [0, 0.1) is 11.7 Å². The Bertz CT molecular complexity index is 1570. The van der Waals surface area contributed by atoms with E-state index in [1.807, 2.05) is 20.8 Å². The zero-order valence-electron chi connectivity index (χ0n) is 25.2. The van der Waals surface area contributed by atoms with Crippen molar-refractivity contribution in [2.24, 2.45) is 11.0 Å². The van der Waals surface area contributed by atoms with Gasteiger partial charge in [-0.1, -0.05) is 19.9 Å². The molecule has 0 aliphatic carbocycles. The molecule has 0 saturated carbocycles. The number of ether oxygens (including phenoxy) is 4. The van der Waals surface area contributed by atoms with Crippen molar-refractivity contribution in [2.45, 2.75) is 33.2 Å². The van der Waals surface area contributed by atoms with Crippen molar-refractivity contribution in [3.8, 4) is 23.0 Å². The van der Waals surface area contributed by atoms with Crippen molar-refractivity contribution in [3.63, 3.8) is 0 Å². The Kier molecular flexibility index (Phi) is 11.1. The number of carbonyl (C=O) groups is 3. The zero-order valence-corrected chi connectivity index (χ0v) is 25.2. The maximum Gasteiger partial charge on any atom is 0.262 e. The van der Waals surface area contributed by atoms with E-state index in [-0.39, 0.29) is 19.3 Å². The van der Waals surface area contributed by atoms with Crippen LogP contribution < -0.4 is 35.0 Å². The summed E-state index contributed by atoms with van der Waals surface area (Å²) in [5, 5.41) is 9.51. The number of rotatable bonds is 14. The van der Waals surface area contributed by atoms with Gasteiger partial charge in [0.25, 0.3) is 17.7 Å². The first-order valence-electron chi connectivity index (χ1n) is 14.3. The molecule has 1 aliphatic heterocycles. The summed E-state index contributed by atoms with van der Waals surface area (Å²) >= 11 is 0. The van der Waals surface area contributed by atoms with Crippen molar-refractivity contribution < 1.29 is 37.7 Å². The predicted molar refractivity (Wildman–Crippen MR) is 166 cm³/mol. The fourth-order valence-electron chi connectivity index (χ4n) is 4.40. The molecule has 236 valence electrons. The second kappa shape index (κ2) is 15.4. The molecular weight excluding hydrogens is 583 g/mol. The van der Waals surface area contributed by atoms with Crippen molar-refractivity contribution in [1.82, 2.24) is 10.7 Å². The molecule has 1 unspecified atom stereocenters. The van der Waals surface area contributed by atoms with Gasteiger partial charge in [0, 0.05) is 16.8 Å². The molecule has 12 heteroatoms. The fourth-order valence-corrected chi connectivity index (χ4v) is 4.40. The van der Waals surface area contributed by atoms with E-state index in [1.165, 1.54) is 30.5 Å². The number of hydrogen-bond donors (Lipinski definition) is 3. The molecule has 3 N–H and O–H groups in total. The SMILES string of the molecule is C=CCc1cc(/C=N/NC(=O)C(NC(=O)c2ccc3c(c2)OCO3)C(C)C)cc(OCC)c1OCC(=O)Nc1ccc(F)cc1. The summed E-state index contributed by atoms with van der Waals surface area (Å²) in [6.07, 6.45) is 3.51. The highest BCUT2D eigenvalue weighted by Crippen LogP contribution is 2.34. The standard InChI is InChI=1S/C33H35FN4O7/c1-5-7-22-14-21(15-28(42-6-2)31(22)43-18-29(39)36-25-11-9-24(34)10-12-25)17-35-38-33(41)30(20(3)4)37-32(40)23-8-13-26-27(16-23)45-19-44-26/h5,8-17,20,30H,1,6-7,18-19H2,2-4H3,(H,36,39)(H,37,40)(H,38,41)/b35-17+. The van der Waals surface area contributed by atoms with Gasteiger partial charge in [-0.3, -0.25) is 14.4 Å². The number of carbonyl (C=O) groups excluding carboxylic acids is 3. The molecule has 3 aromatic carbocycles. The van der Waals surface area contributed by atoms with Gasteiger partial charge < -0.3 is 29.6 Å². The van der Waals surface area contributed by atoms with Gasteiger partial charge in [-0.25, -0.2) is 9.82 Å². The number of nitrogens with one attached hydrogen (secondary N) is 3. The number of nitrogens with zero attached hydrogens (tertiary/aromatic N) is 1. The quantitative estimate of drug-likeness (QED) is 0.136. The van der Waals surface area contributed by atoms with E-state index in [1.54, 1.807) is 36.4 Å². The van der Waals surface area contributed by atoms with E-state index in [0.717, 1.165) is 0 Å². The van der Waals surface area contributed by atoms with Gasteiger partial charge in [-0.15, -0.1) is 6.58 Å². The van der Waals surface area contributed by atoms with Gasteiger partial charge >= 0.3 is 0 Å². The first-order valence-corrected chi connectivity index (χ1v) is 14.3. The Morgan fingerprint density at radius 1 is 1.04 bits per heavy atom. The first kappa shape index (κ1) is 32.5. The summed E-state index contributed by atoms with van der Waals surface area (Å²) in [4.78, 5) is 38.4. The lowest BCUT2D eigenvalue weighted by Crippen LogP contribution is -2.48. The van der Waals surface area contributed by atoms with E-state index < -0.39 is 29.6 Å². The third-order valence-electron chi connectivity index (χ3n) is 6.55. The fraction of sp³-hybridized carbons (Fsp3) is 0.273. The monoisotopic (exact) mass is 618 g/mol. The number of hydrazone groups is 1. The van der Waals surface area contributed by atoms with Gasteiger partial charge in [0.1, 0.15) is 11.9 Å². The minimum absolute atomic E-state index is 0.0857. The second-order valence-electron chi connectivity index (χ2n) is 10.3. The lowest BCUT2D eigenvalue weighted by molar-refractivity contribution is -0.124. The molecule has 0 fully saturated rings. The number of amides is 3. The lowest BCUT2D eigenvalue weighted by Gasteiger charge is -2.20. The van der Waals surface area contributed by atoms with E-state index in [4.69, 9.17) is 18.9 Å². The molecule has 0 saturated heterocycles. The average molecular weight is 619 g/mol. The van der Waals surface area contributed by atoms with Gasteiger partial charge in [-0.05, 0) is 79.4 Å². The normalized spacial score (nSPS) is 12.5. The van der Waals surface area contributed by atoms with E-state index in [2.05, 4.69) is 27.7 Å². The summed E-state index contributed by atoms with van der Waals surface area (Å²) in [7, 11) is 0. The summed E-state index contributed by atoms with van der Waals surface area (Å²) in [5.74, 6) is -0.284. The van der Waals surface area contributed by atoms with E-state index in [9.17, 15) is 18.8 Å². The maximum atomic E-state index is 13.2. The summed E-state index contributed by atoms with van der Waals surface area (Å²) in [6.45, 7) is 9.31. The van der Waals surface area contributed by atoms with Crippen molar-refractivity contribution in [3.05, 3.63) is 89.8 Å². The van der Waals surface area contributed by atoms with Crippen LogP contribution in [0.5, 0.6) is 23.0 Å². The molecular formula is C33H35FN4O7. The zero-order chi connectivity index (χ0) is 32.3. The molecule has 0 radical (unpaired) electrons. The highest BCUT2D eigenvalue weighted by atomic mass is 19.1. The summed E-state index contributed by atoms with van der Waals surface area (Å²) < 4.78 is 35.4. The van der Waals surface area contributed by atoms with E-state index in [0.29, 0.717) is 58.4 Å². The van der Waals surface area contributed by atoms with Gasteiger partial charge in [-0.2, -0.15) is 5.10 Å². The van der Waals surface area contributed by atoms with Gasteiger partial charge in [0.15, 0.2) is 29.6 Å². The highest BCUT2D eigenvalue weighted by Gasteiger charge is 2.26. The molecule has 1 heterocycles. The molecule has 1 aliphatic rings. The Morgan fingerprint density at radius 2 is 1.80 bits per heavy atom. The van der Waals surface area contributed by atoms with Crippen LogP contribution in [0.2, 0.25) is 0 Å². The first-order chi connectivity index (χ1) is 21.7. The second-order valence-corrected chi connectivity index (χ2v) is 10.3. The molecule has 0 spiro atoms. The molecule has 3 aromatic rings. The van der Waals surface area contributed by atoms with Crippen LogP contribution in [0.3, 0.4) is 0 Å². The molecule has 11 nitrogen and oxygen atoms in total. The Labute approximate surface area is 260 Å². The van der Waals surface area contributed by atoms with Crippen LogP contribution in [-0.4, -0.2) is 50.0 Å². The van der Waals surface area contributed by atoms with Gasteiger partial charge in [0.2, 0.25) is 6.79 Å². The minimum atomic E-state index is -0.868. The van der Waals surface area contributed by atoms with E-state index >= 15 is 0 Å². The number of hydrogen-bond acceptors (Lipinski definition) is 8. The minimum Gasteiger partial charge on any atom is -0.490 e. The van der Waals surface area contributed by atoms with Crippen LogP contribution in [0.4, 0.5) is 10.1 Å². The number of halogens is 1. The highest BCUT2D eigenvalue weighted by molar-refractivity contribution is 5.98. The predicted octanol–water partition coefficient (Wildman–Crippen LogP) is 4.60. The maximum absolute atomic E-state index is 13.2. The molecule has 45 heavy (non-hydrogen) atoms. The van der Waals surface area contributed by atoms with Crippen LogP contribution in [0.1, 0.15) is 42.3 Å². The van der Waals surface area contributed by atoms with Crippen LogP contribution in [0.25, 0.3) is 0 Å². The lowest BCUT2D eigenvalue weighted by atomic mass is 10.0. The van der Waals surface area contributed by atoms with Crippen molar-refractivity contribution >= 4 is 29.6 Å². The topological polar surface area (TPSA) is 137 Å². The van der Waals surface area contributed by atoms with Crippen molar-refractivity contribution in [2.75, 3.05) is 25.3 Å². The number of fused-ring (bicyclic) bond motifs is 1. The number of benzene rings is 3. The van der Waals surface area contributed by atoms with Crippen molar-refractivity contribution in [1.29, 1.82) is 0 Å². The van der Waals surface area contributed by atoms with Crippen LogP contribution >= 0.6 is 0 Å². The third kappa shape index (κ3) is 8.82. The third-order valence-corrected chi connectivity index (χ3v) is 6.55. The average Bonchev–Trinajstić information content (AvgIpc) is 3.49. The van der Waals surface area contributed by atoms with Crippen LogP contribution in [-0.2, 0) is 16.0 Å². The van der Waals surface area contributed by atoms with Crippen LogP contribution in [0.15, 0.2) is 72.4 Å². The molecule has 0 bridgehead atoms. The smallest absolute Gasteiger partial charge is 0.262 e. The Hall–Kier alpha value is -5.39. The Balaban J connectivity index is 1.43. The van der Waals surface area contributed by atoms with Gasteiger partial charge in [0.05, 0.1) is 12.8 Å². The Morgan fingerprint density at radius 3 is 2.51 bits per heavy atom. The molecule has 0 aromatic heterocycles.